The number of aliphatic hydroxyl groups is 2. The number of hydrogen-bond donors (Lipinski definition) is 3. The summed E-state index contributed by atoms with van der Waals surface area (Å²) in [6.07, 6.45) is 0.236. The van der Waals surface area contributed by atoms with Gasteiger partial charge in [0.15, 0.2) is 0 Å². The van der Waals surface area contributed by atoms with Gasteiger partial charge in [-0.15, -0.1) is 0 Å². The lowest BCUT2D eigenvalue weighted by molar-refractivity contribution is -0.136. The number of amides is 2. The quantitative estimate of drug-likeness (QED) is 0.329. The first-order valence-corrected chi connectivity index (χ1v) is 13.0. The molecular formula is C27H33IN2O7. The number of halogens is 1. The molecule has 3 N–H and O–H groups in total. The minimum Gasteiger partial charge on any atom is -0.497 e. The van der Waals surface area contributed by atoms with Crippen molar-refractivity contribution in [3.05, 3.63) is 63.2 Å². The number of nitrogens with one attached hydrogen (secondary N) is 1. The van der Waals surface area contributed by atoms with Gasteiger partial charge in [-0.1, -0.05) is 12.1 Å². The molecule has 3 unspecified atom stereocenters. The first kappa shape index (κ1) is 28.7. The third-order valence-corrected chi connectivity index (χ3v) is 7.12. The second kappa shape index (κ2) is 13.6. The Hall–Kier alpha value is -2.83. The fraction of sp³-hybridized carbons (Fsp3) is 0.407. The summed E-state index contributed by atoms with van der Waals surface area (Å²) in [5.74, 6) is 1.28. The van der Waals surface area contributed by atoms with Crippen LogP contribution in [0.5, 0.6) is 17.2 Å². The van der Waals surface area contributed by atoms with Crippen molar-refractivity contribution in [2.45, 2.75) is 38.0 Å². The van der Waals surface area contributed by atoms with Crippen LogP contribution < -0.4 is 19.5 Å². The van der Waals surface area contributed by atoms with Gasteiger partial charge in [0.05, 0.1) is 30.4 Å². The molecule has 3 atom stereocenters. The van der Waals surface area contributed by atoms with E-state index in [1.54, 1.807) is 43.4 Å². The highest BCUT2D eigenvalue weighted by atomic mass is 127. The van der Waals surface area contributed by atoms with Crippen LogP contribution in [-0.4, -0.2) is 79.1 Å². The summed E-state index contributed by atoms with van der Waals surface area (Å²) in [5.41, 5.74) is 1.23. The lowest BCUT2D eigenvalue weighted by atomic mass is 9.88. The van der Waals surface area contributed by atoms with Gasteiger partial charge in [0, 0.05) is 32.0 Å². The summed E-state index contributed by atoms with van der Waals surface area (Å²) >= 11 is 2.14. The summed E-state index contributed by atoms with van der Waals surface area (Å²) in [7, 11) is 3.16. The van der Waals surface area contributed by atoms with Crippen molar-refractivity contribution in [2.75, 3.05) is 33.9 Å². The molecule has 0 fully saturated rings. The molecule has 1 aliphatic rings. The number of carbonyl (C=O) groups is 2. The number of ether oxygens (including phenoxy) is 3. The van der Waals surface area contributed by atoms with Gasteiger partial charge < -0.3 is 34.6 Å². The van der Waals surface area contributed by atoms with Crippen LogP contribution in [0.15, 0.2) is 54.1 Å². The third kappa shape index (κ3) is 7.36. The topological polar surface area (TPSA) is 118 Å². The van der Waals surface area contributed by atoms with E-state index in [1.165, 1.54) is 6.92 Å². The molecule has 2 aromatic carbocycles. The number of aliphatic hydroxyl groups excluding tert-OH is 2. The van der Waals surface area contributed by atoms with Gasteiger partial charge in [0.2, 0.25) is 11.8 Å². The highest BCUT2D eigenvalue weighted by Crippen LogP contribution is 2.31. The Morgan fingerprint density at radius 2 is 1.89 bits per heavy atom. The van der Waals surface area contributed by atoms with E-state index >= 15 is 0 Å². The lowest BCUT2D eigenvalue weighted by Crippen LogP contribution is -2.55. The van der Waals surface area contributed by atoms with E-state index in [0.717, 1.165) is 9.13 Å². The number of rotatable bonds is 11. The Bertz CT molecular complexity index is 1120. The number of nitrogens with zero attached hydrogens (tertiary/aromatic N) is 1. The lowest BCUT2D eigenvalue weighted by Gasteiger charge is -2.40. The fourth-order valence-corrected chi connectivity index (χ4v) is 4.86. The van der Waals surface area contributed by atoms with E-state index in [4.69, 9.17) is 19.3 Å². The summed E-state index contributed by atoms with van der Waals surface area (Å²) in [5, 5.41) is 23.2. The van der Waals surface area contributed by atoms with E-state index in [2.05, 4.69) is 27.9 Å². The predicted molar refractivity (Wildman–Crippen MR) is 147 cm³/mol. The number of benzene rings is 2. The van der Waals surface area contributed by atoms with Crippen molar-refractivity contribution in [2.24, 2.45) is 0 Å². The average molecular weight is 624 g/mol. The molecule has 200 valence electrons. The van der Waals surface area contributed by atoms with Gasteiger partial charge in [-0.05, 0) is 71.0 Å². The van der Waals surface area contributed by atoms with E-state index in [9.17, 15) is 14.7 Å². The summed E-state index contributed by atoms with van der Waals surface area (Å²) in [4.78, 5) is 27.2. The first-order chi connectivity index (χ1) is 17.8. The fourth-order valence-electron chi connectivity index (χ4n) is 4.34. The van der Waals surface area contributed by atoms with Gasteiger partial charge in [-0.3, -0.25) is 9.59 Å². The smallest absolute Gasteiger partial charge is 0.247 e. The molecule has 2 amide bonds. The molecule has 0 spiro atoms. The van der Waals surface area contributed by atoms with Crippen molar-refractivity contribution in [3.63, 3.8) is 0 Å². The van der Waals surface area contributed by atoms with Crippen molar-refractivity contribution < 1.29 is 34.0 Å². The van der Waals surface area contributed by atoms with Gasteiger partial charge in [0.25, 0.3) is 0 Å². The standard InChI is InChI=1S/C27H33IN2O7/c1-17(32)30(12-10-18-14-20(35-2)8-9-23(18)36-3)22-15-19(27(34)29-11-13-31)16-25(26(22)33)37-24-7-5-4-6-21(24)28/h4-9,14,16,22,25-26,31,33H,10-13,15H2,1-3H3,(H,29,34). The maximum atomic E-state index is 12.8. The molecule has 10 heteroatoms. The molecule has 0 radical (unpaired) electrons. The Balaban J connectivity index is 1.90. The van der Waals surface area contributed by atoms with Gasteiger partial charge >= 0.3 is 0 Å². The molecule has 0 heterocycles. The number of methoxy groups -OCH3 is 2. The summed E-state index contributed by atoms with van der Waals surface area (Å²) in [6.45, 7) is 1.61. The molecule has 3 rings (SSSR count). The first-order valence-electron chi connectivity index (χ1n) is 12.0. The normalized spacial score (nSPS) is 19.0. The van der Waals surface area contributed by atoms with Crippen LogP contribution in [0.25, 0.3) is 0 Å². The van der Waals surface area contributed by atoms with Crippen LogP contribution in [0.2, 0.25) is 0 Å². The third-order valence-electron chi connectivity index (χ3n) is 6.23. The molecule has 0 saturated carbocycles. The van der Waals surface area contributed by atoms with Crippen molar-refractivity contribution >= 4 is 34.4 Å². The molecular weight excluding hydrogens is 591 g/mol. The zero-order chi connectivity index (χ0) is 26.9. The maximum Gasteiger partial charge on any atom is 0.247 e. The van der Waals surface area contributed by atoms with Crippen LogP contribution in [0, 0.1) is 3.57 Å². The molecule has 0 aromatic heterocycles. The molecule has 0 saturated heterocycles. The van der Waals surface area contributed by atoms with E-state index in [-0.39, 0.29) is 37.9 Å². The van der Waals surface area contributed by atoms with Crippen LogP contribution in [0.3, 0.4) is 0 Å². The number of para-hydroxylation sites is 1. The summed E-state index contributed by atoms with van der Waals surface area (Å²) < 4.78 is 17.8. The molecule has 2 aromatic rings. The predicted octanol–water partition coefficient (Wildman–Crippen LogP) is 2.32. The molecule has 1 aliphatic carbocycles. The second-order valence-corrected chi connectivity index (χ2v) is 9.75. The van der Waals surface area contributed by atoms with Gasteiger partial charge in [0.1, 0.15) is 29.5 Å². The minimum absolute atomic E-state index is 0.0948. The van der Waals surface area contributed by atoms with Crippen molar-refractivity contribution in [1.82, 2.24) is 10.2 Å². The molecule has 0 aliphatic heterocycles. The largest absolute Gasteiger partial charge is 0.497 e. The highest BCUT2D eigenvalue weighted by molar-refractivity contribution is 14.1. The molecule has 37 heavy (non-hydrogen) atoms. The van der Waals surface area contributed by atoms with Crippen LogP contribution in [0.4, 0.5) is 0 Å². The Morgan fingerprint density at radius 1 is 1.14 bits per heavy atom. The maximum absolute atomic E-state index is 12.8. The minimum atomic E-state index is -1.08. The summed E-state index contributed by atoms with van der Waals surface area (Å²) in [6, 6.07) is 12.1. The average Bonchev–Trinajstić information content (AvgIpc) is 2.90. The SMILES string of the molecule is COc1ccc(OC)c(CCN(C(C)=O)C2CC(C(=O)NCCO)=CC(Oc3ccccc3I)C2O)c1. The molecule has 0 bridgehead atoms. The molecule has 9 nitrogen and oxygen atoms in total. The van der Waals surface area contributed by atoms with Gasteiger partial charge in [-0.25, -0.2) is 0 Å². The Kier molecular flexibility index (Phi) is 10.6. The van der Waals surface area contributed by atoms with Crippen LogP contribution >= 0.6 is 22.6 Å². The monoisotopic (exact) mass is 624 g/mol. The van der Waals surface area contributed by atoms with E-state index in [0.29, 0.717) is 29.2 Å². The zero-order valence-corrected chi connectivity index (χ0v) is 23.3. The van der Waals surface area contributed by atoms with Crippen molar-refractivity contribution in [1.29, 1.82) is 0 Å². The Morgan fingerprint density at radius 3 is 2.54 bits per heavy atom. The second-order valence-electron chi connectivity index (χ2n) is 8.59. The Labute approximate surface area is 230 Å². The van der Waals surface area contributed by atoms with Crippen LogP contribution in [0.1, 0.15) is 18.9 Å². The van der Waals surface area contributed by atoms with E-state index < -0.39 is 18.2 Å². The zero-order valence-electron chi connectivity index (χ0n) is 21.1. The van der Waals surface area contributed by atoms with E-state index in [1.807, 2.05) is 24.3 Å². The number of hydrogen-bond acceptors (Lipinski definition) is 7. The van der Waals surface area contributed by atoms with Crippen molar-refractivity contribution in [3.8, 4) is 17.2 Å². The number of carbonyl (C=O) groups excluding carboxylic acids is 2. The van der Waals surface area contributed by atoms with Gasteiger partial charge in [-0.2, -0.15) is 0 Å². The van der Waals surface area contributed by atoms with Crippen LogP contribution in [-0.2, 0) is 16.0 Å². The highest BCUT2D eigenvalue weighted by Gasteiger charge is 2.39.